The van der Waals surface area contributed by atoms with Crippen LogP contribution in [0.5, 0.6) is 0 Å². The Kier molecular flexibility index (Phi) is 5.77. The molecule has 0 N–H and O–H groups in total. The molecule has 5 aromatic rings. The van der Waals surface area contributed by atoms with E-state index in [-0.39, 0.29) is 5.92 Å². The third kappa shape index (κ3) is 4.44. The van der Waals surface area contributed by atoms with Crippen LogP contribution >= 0.6 is 0 Å². The second-order valence-electron chi connectivity index (χ2n) is 8.35. The highest BCUT2D eigenvalue weighted by Gasteiger charge is 2.15. The van der Waals surface area contributed by atoms with E-state index in [9.17, 15) is 0 Å². The minimum absolute atomic E-state index is 0.193. The van der Waals surface area contributed by atoms with E-state index in [1.165, 1.54) is 11.1 Å². The zero-order chi connectivity index (χ0) is 22.6. The van der Waals surface area contributed by atoms with E-state index < -0.39 is 0 Å². The van der Waals surface area contributed by atoms with Gasteiger partial charge in [0.15, 0.2) is 11.6 Å². The summed E-state index contributed by atoms with van der Waals surface area (Å²) in [5.74, 6) is 2.39. The van der Waals surface area contributed by atoms with E-state index >= 15 is 0 Å². The number of hydrogen-bond donors (Lipinski definition) is 0. The van der Waals surface area contributed by atoms with Gasteiger partial charge in [-0.1, -0.05) is 123 Å². The molecule has 3 nitrogen and oxygen atoms in total. The lowest BCUT2D eigenvalue weighted by Crippen LogP contribution is -2.05. The van der Waals surface area contributed by atoms with Crippen molar-refractivity contribution in [1.82, 2.24) is 15.0 Å². The molecule has 4 aromatic carbocycles. The van der Waals surface area contributed by atoms with Gasteiger partial charge in [0.1, 0.15) is 5.82 Å². The van der Waals surface area contributed by atoms with E-state index in [0.29, 0.717) is 11.6 Å². The highest BCUT2D eigenvalue weighted by Crippen LogP contribution is 2.32. The lowest BCUT2D eigenvalue weighted by Gasteiger charge is -2.13. The summed E-state index contributed by atoms with van der Waals surface area (Å²) in [5.41, 5.74) is 6.62. The van der Waals surface area contributed by atoms with Crippen molar-refractivity contribution < 1.29 is 0 Å². The minimum Gasteiger partial charge on any atom is -0.213 e. The van der Waals surface area contributed by atoms with Crippen LogP contribution in [0.2, 0.25) is 0 Å². The van der Waals surface area contributed by atoms with Gasteiger partial charge >= 0.3 is 0 Å². The molecule has 0 amide bonds. The van der Waals surface area contributed by atoms with Crippen molar-refractivity contribution in [3.63, 3.8) is 0 Å². The molecule has 0 atom stereocenters. The Balaban J connectivity index is 1.60. The van der Waals surface area contributed by atoms with Crippen LogP contribution in [0.15, 0.2) is 109 Å². The molecule has 33 heavy (non-hydrogen) atoms. The van der Waals surface area contributed by atoms with Gasteiger partial charge < -0.3 is 0 Å². The van der Waals surface area contributed by atoms with Crippen molar-refractivity contribution in [3.05, 3.63) is 115 Å². The molecule has 0 saturated carbocycles. The summed E-state index contributed by atoms with van der Waals surface area (Å²) >= 11 is 0. The van der Waals surface area contributed by atoms with Crippen molar-refractivity contribution in [2.45, 2.75) is 19.8 Å². The van der Waals surface area contributed by atoms with Gasteiger partial charge in [0.25, 0.3) is 0 Å². The molecular weight excluding hydrogens is 402 g/mol. The van der Waals surface area contributed by atoms with E-state index in [2.05, 4.69) is 105 Å². The van der Waals surface area contributed by atoms with Crippen LogP contribution in [-0.4, -0.2) is 15.0 Å². The first-order chi connectivity index (χ1) is 16.2. The molecule has 0 aliphatic heterocycles. The predicted octanol–water partition coefficient (Wildman–Crippen LogP) is 7.66. The zero-order valence-electron chi connectivity index (χ0n) is 18.8. The molecule has 160 valence electrons. The monoisotopic (exact) mass is 427 g/mol. The predicted molar refractivity (Wildman–Crippen MR) is 136 cm³/mol. The summed E-state index contributed by atoms with van der Waals surface area (Å²) in [6, 6.07) is 37.5. The molecule has 0 saturated heterocycles. The molecule has 5 rings (SSSR count). The number of benzene rings is 4. The molecule has 0 unspecified atom stereocenters. The van der Waals surface area contributed by atoms with Crippen LogP contribution < -0.4 is 0 Å². The first kappa shape index (κ1) is 20.8. The van der Waals surface area contributed by atoms with Gasteiger partial charge in [-0.2, -0.15) is 0 Å². The van der Waals surface area contributed by atoms with E-state index in [1.54, 1.807) is 0 Å². The van der Waals surface area contributed by atoms with Gasteiger partial charge in [0, 0.05) is 17.0 Å². The summed E-state index contributed by atoms with van der Waals surface area (Å²) in [5, 5.41) is 0. The molecule has 0 aliphatic carbocycles. The van der Waals surface area contributed by atoms with Crippen molar-refractivity contribution >= 4 is 0 Å². The average molecular weight is 428 g/mol. The Hall–Kier alpha value is -4.11. The van der Waals surface area contributed by atoms with Crippen LogP contribution in [0.4, 0.5) is 0 Å². The quantitative estimate of drug-likeness (QED) is 0.289. The van der Waals surface area contributed by atoms with Crippen LogP contribution in [-0.2, 0) is 0 Å². The fourth-order valence-corrected chi connectivity index (χ4v) is 3.89. The van der Waals surface area contributed by atoms with Crippen LogP contribution in [0, 0.1) is 0 Å². The molecule has 0 bridgehead atoms. The number of hydrogen-bond acceptors (Lipinski definition) is 3. The maximum atomic E-state index is 4.92. The third-order valence-corrected chi connectivity index (χ3v) is 5.67. The summed E-state index contributed by atoms with van der Waals surface area (Å²) in [6.45, 7) is 4.23. The van der Waals surface area contributed by atoms with E-state index in [0.717, 1.165) is 28.1 Å². The van der Waals surface area contributed by atoms with Gasteiger partial charge in [-0.25, -0.2) is 15.0 Å². The first-order valence-corrected chi connectivity index (χ1v) is 11.3. The topological polar surface area (TPSA) is 38.7 Å². The zero-order valence-corrected chi connectivity index (χ0v) is 18.8. The Morgan fingerprint density at radius 3 is 1.55 bits per heavy atom. The average Bonchev–Trinajstić information content (AvgIpc) is 2.89. The van der Waals surface area contributed by atoms with Gasteiger partial charge in [0.05, 0.1) is 0 Å². The molecule has 3 heteroatoms. The highest BCUT2D eigenvalue weighted by atomic mass is 15.0. The molecule has 1 heterocycles. The standard InChI is InChI=1S/C30H25N3/c1-21(2)28-31-29(25-19-17-23(18-20-25)22-11-5-3-6-12-22)33-30(32-28)27-16-10-9-15-26(27)24-13-7-4-8-14-24/h3-21H,1-2H3. The Bertz CT molecular complexity index is 1360. The Labute approximate surface area is 194 Å². The number of rotatable bonds is 5. The smallest absolute Gasteiger partial charge is 0.164 e. The molecule has 0 aliphatic rings. The fraction of sp³-hybridized carbons (Fsp3) is 0.100. The Morgan fingerprint density at radius 1 is 0.424 bits per heavy atom. The van der Waals surface area contributed by atoms with Crippen molar-refractivity contribution in [2.24, 2.45) is 0 Å². The maximum absolute atomic E-state index is 4.92. The van der Waals surface area contributed by atoms with E-state index in [1.807, 2.05) is 18.2 Å². The minimum atomic E-state index is 0.193. The van der Waals surface area contributed by atoms with Crippen LogP contribution in [0.1, 0.15) is 25.6 Å². The number of nitrogens with zero attached hydrogens (tertiary/aromatic N) is 3. The summed E-state index contributed by atoms with van der Waals surface area (Å²) < 4.78 is 0. The molecule has 0 fully saturated rings. The SMILES string of the molecule is CC(C)c1nc(-c2ccc(-c3ccccc3)cc2)nc(-c2ccccc2-c2ccccc2)n1. The van der Waals surface area contributed by atoms with Crippen molar-refractivity contribution in [3.8, 4) is 45.0 Å². The molecule has 0 radical (unpaired) electrons. The molecule has 1 aromatic heterocycles. The highest BCUT2D eigenvalue weighted by molar-refractivity contribution is 5.81. The normalized spacial score (nSPS) is 11.0. The van der Waals surface area contributed by atoms with Gasteiger partial charge in [-0.05, 0) is 22.3 Å². The molecular formula is C30H25N3. The second-order valence-corrected chi connectivity index (χ2v) is 8.35. The lowest BCUT2D eigenvalue weighted by atomic mass is 9.99. The fourth-order valence-electron chi connectivity index (χ4n) is 3.89. The summed E-state index contributed by atoms with van der Waals surface area (Å²) in [7, 11) is 0. The maximum Gasteiger partial charge on any atom is 0.164 e. The second kappa shape index (κ2) is 9.17. The molecule has 0 spiro atoms. The van der Waals surface area contributed by atoms with Gasteiger partial charge in [-0.15, -0.1) is 0 Å². The Morgan fingerprint density at radius 2 is 0.909 bits per heavy atom. The third-order valence-electron chi connectivity index (χ3n) is 5.67. The van der Waals surface area contributed by atoms with Crippen molar-refractivity contribution in [1.29, 1.82) is 0 Å². The number of aromatic nitrogens is 3. The van der Waals surface area contributed by atoms with E-state index in [4.69, 9.17) is 15.0 Å². The van der Waals surface area contributed by atoms with Gasteiger partial charge in [-0.3, -0.25) is 0 Å². The van der Waals surface area contributed by atoms with Gasteiger partial charge in [0.2, 0.25) is 0 Å². The van der Waals surface area contributed by atoms with Crippen LogP contribution in [0.25, 0.3) is 45.0 Å². The summed E-state index contributed by atoms with van der Waals surface area (Å²) in [4.78, 5) is 14.6. The summed E-state index contributed by atoms with van der Waals surface area (Å²) in [6.07, 6.45) is 0. The lowest BCUT2D eigenvalue weighted by molar-refractivity contribution is 0.766. The first-order valence-electron chi connectivity index (χ1n) is 11.3. The largest absolute Gasteiger partial charge is 0.213 e. The van der Waals surface area contributed by atoms with Crippen LogP contribution in [0.3, 0.4) is 0 Å². The van der Waals surface area contributed by atoms with Crippen molar-refractivity contribution in [2.75, 3.05) is 0 Å².